The number of thiophene rings is 1. The predicted octanol–water partition coefficient (Wildman–Crippen LogP) is 2.65. The van der Waals surface area contributed by atoms with Gasteiger partial charge in [0.2, 0.25) is 0 Å². The van der Waals surface area contributed by atoms with Gasteiger partial charge in [0.25, 0.3) is 5.91 Å². The summed E-state index contributed by atoms with van der Waals surface area (Å²) in [6.45, 7) is 6.23. The summed E-state index contributed by atoms with van der Waals surface area (Å²) in [5, 5.41) is 3.66. The number of carbonyl (C=O) groups is 1. The Hall–Kier alpha value is -1.03. The summed E-state index contributed by atoms with van der Waals surface area (Å²) in [6, 6.07) is 0.382. The molecule has 1 saturated carbocycles. The molecule has 1 aromatic heterocycles. The first-order valence-electron chi connectivity index (χ1n) is 5.70. The summed E-state index contributed by atoms with van der Waals surface area (Å²) in [5.41, 5.74) is 7.76. The maximum absolute atomic E-state index is 12.1. The highest BCUT2D eigenvalue weighted by Crippen LogP contribution is 2.35. The van der Waals surface area contributed by atoms with E-state index >= 15 is 0 Å². The van der Waals surface area contributed by atoms with Gasteiger partial charge in [0.05, 0.1) is 10.6 Å². The van der Waals surface area contributed by atoms with Crippen LogP contribution in [-0.4, -0.2) is 11.9 Å². The van der Waals surface area contributed by atoms with Gasteiger partial charge in [-0.15, -0.1) is 11.3 Å². The molecular formula is C12H18N2OS. The predicted molar refractivity (Wildman–Crippen MR) is 68.0 cm³/mol. The van der Waals surface area contributed by atoms with E-state index in [1.165, 1.54) is 11.3 Å². The van der Waals surface area contributed by atoms with Gasteiger partial charge in [0, 0.05) is 10.9 Å². The monoisotopic (exact) mass is 238 g/mol. The number of rotatable bonds is 3. The number of amides is 1. The minimum Gasteiger partial charge on any atom is -0.390 e. The van der Waals surface area contributed by atoms with Crippen LogP contribution in [0.25, 0.3) is 0 Å². The van der Waals surface area contributed by atoms with Crippen molar-refractivity contribution in [1.82, 2.24) is 5.32 Å². The molecule has 0 spiro atoms. The number of nitrogens with two attached hydrogens (primary N) is 1. The van der Waals surface area contributed by atoms with Gasteiger partial charge in [-0.2, -0.15) is 0 Å². The molecule has 1 aliphatic rings. The van der Waals surface area contributed by atoms with Gasteiger partial charge in [0.1, 0.15) is 0 Å². The highest BCUT2D eigenvalue weighted by Gasteiger charge is 2.28. The molecule has 1 fully saturated rings. The molecule has 0 aromatic carbocycles. The highest BCUT2D eigenvalue weighted by atomic mass is 32.1. The van der Waals surface area contributed by atoms with Gasteiger partial charge in [-0.25, -0.2) is 0 Å². The molecule has 1 aromatic rings. The molecule has 2 rings (SSSR count). The summed E-state index contributed by atoms with van der Waals surface area (Å²) in [7, 11) is 0. The van der Waals surface area contributed by atoms with Gasteiger partial charge >= 0.3 is 0 Å². The molecule has 88 valence electrons. The average molecular weight is 238 g/mol. The molecule has 0 unspecified atom stereocenters. The first-order chi connectivity index (χ1) is 7.50. The van der Waals surface area contributed by atoms with Crippen LogP contribution in [0.2, 0.25) is 0 Å². The Balaban J connectivity index is 2.33. The lowest BCUT2D eigenvalue weighted by molar-refractivity contribution is 0.0951. The van der Waals surface area contributed by atoms with Crippen LogP contribution in [0.4, 0.5) is 5.00 Å². The van der Waals surface area contributed by atoms with Crippen molar-refractivity contribution in [3.8, 4) is 0 Å². The molecule has 0 saturated heterocycles. The third kappa shape index (κ3) is 2.07. The fraction of sp³-hybridized carbons (Fsp3) is 0.583. The van der Waals surface area contributed by atoms with Crippen molar-refractivity contribution in [3.63, 3.8) is 0 Å². The second-order valence-electron chi connectivity index (χ2n) is 4.71. The largest absolute Gasteiger partial charge is 0.390 e. The van der Waals surface area contributed by atoms with Gasteiger partial charge in [-0.05, 0) is 31.2 Å². The van der Waals surface area contributed by atoms with Crippen LogP contribution in [0.3, 0.4) is 0 Å². The molecule has 4 heteroatoms. The minimum absolute atomic E-state index is 0.00745. The molecule has 0 bridgehead atoms. The Morgan fingerprint density at radius 3 is 2.62 bits per heavy atom. The van der Waals surface area contributed by atoms with Crippen molar-refractivity contribution >= 4 is 22.2 Å². The molecule has 0 aliphatic heterocycles. The maximum atomic E-state index is 12.1. The zero-order valence-electron chi connectivity index (χ0n) is 9.96. The minimum atomic E-state index is 0.00745. The summed E-state index contributed by atoms with van der Waals surface area (Å²) >= 11 is 1.52. The molecule has 1 amide bonds. The molecule has 0 atom stereocenters. The Bertz CT molecular complexity index is 419. The number of aryl methyl sites for hydroxylation is 1. The van der Waals surface area contributed by atoms with E-state index in [0.717, 1.165) is 23.3 Å². The van der Waals surface area contributed by atoms with Crippen LogP contribution in [0, 0.1) is 6.92 Å². The van der Waals surface area contributed by atoms with Crippen LogP contribution in [0.5, 0.6) is 0 Å². The molecule has 3 nitrogen and oxygen atoms in total. The smallest absolute Gasteiger partial charge is 0.254 e. The van der Waals surface area contributed by atoms with E-state index in [-0.39, 0.29) is 5.91 Å². The first-order valence-corrected chi connectivity index (χ1v) is 6.52. The zero-order chi connectivity index (χ0) is 11.9. The van der Waals surface area contributed by atoms with Crippen molar-refractivity contribution < 1.29 is 4.79 Å². The quantitative estimate of drug-likeness (QED) is 0.850. The van der Waals surface area contributed by atoms with Crippen molar-refractivity contribution in [2.45, 2.75) is 45.6 Å². The van der Waals surface area contributed by atoms with Gasteiger partial charge in [0.15, 0.2) is 0 Å². The van der Waals surface area contributed by atoms with Gasteiger partial charge in [-0.3, -0.25) is 4.79 Å². The SMILES string of the molecule is Cc1sc(N)c(C(=O)NC2CC2)c1C(C)C. The highest BCUT2D eigenvalue weighted by molar-refractivity contribution is 7.16. The summed E-state index contributed by atoms with van der Waals surface area (Å²) in [4.78, 5) is 13.2. The van der Waals surface area contributed by atoms with E-state index in [0.29, 0.717) is 22.5 Å². The van der Waals surface area contributed by atoms with E-state index < -0.39 is 0 Å². The van der Waals surface area contributed by atoms with E-state index in [1.807, 2.05) is 6.92 Å². The van der Waals surface area contributed by atoms with Crippen molar-refractivity contribution in [3.05, 3.63) is 16.0 Å². The Labute approximate surface area is 100 Å². The van der Waals surface area contributed by atoms with Crippen LogP contribution < -0.4 is 11.1 Å². The summed E-state index contributed by atoms with van der Waals surface area (Å²) < 4.78 is 0. The van der Waals surface area contributed by atoms with Crippen molar-refractivity contribution in [2.24, 2.45) is 0 Å². The lowest BCUT2D eigenvalue weighted by atomic mass is 9.98. The Kier molecular flexibility index (Phi) is 2.93. The van der Waals surface area contributed by atoms with Crippen LogP contribution in [-0.2, 0) is 0 Å². The van der Waals surface area contributed by atoms with E-state index in [9.17, 15) is 4.79 Å². The molecule has 1 heterocycles. The van der Waals surface area contributed by atoms with Crippen LogP contribution in [0.15, 0.2) is 0 Å². The standard InChI is InChI=1S/C12H18N2OS/c1-6(2)9-7(3)16-11(13)10(9)12(15)14-8-4-5-8/h6,8H,4-5,13H2,1-3H3,(H,14,15). The zero-order valence-corrected chi connectivity index (χ0v) is 10.8. The second-order valence-corrected chi connectivity index (χ2v) is 5.97. The van der Waals surface area contributed by atoms with Crippen molar-refractivity contribution in [2.75, 3.05) is 5.73 Å². The van der Waals surface area contributed by atoms with Gasteiger partial charge in [-0.1, -0.05) is 13.8 Å². The van der Waals surface area contributed by atoms with E-state index in [4.69, 9.17) is 5.73 Å². The third-order valence-electron chi connectivity index (χ3n) is 2.88. The molecule has 0 radical (unpaired) electrons. The van der Waals surface area contributed by atoms with Gasteiger partial charge < -0.3 is 11.1 Å². The number of hydrogen-bond acceptors (Lipinski definition) is 3. The van der Waals surface area contributed by atoms with Crippen LogP contribution in [0.1, 0.15) is 53.4 Å². The molecule has 1 aliphatic carbocycles. The van der Waals surface area contributed by atoms with Crippen molar-refractivity contribution in [1.29, 1.82) is 0 Å². The Morgan fingerprint density at radius 2 is 2.12 bits per heavy atom. The molecule has 16 heavy (non-hydrogen) atoms. The number of anilines is 1. The lowest BCUT2D eigenvalue weighted by Crippen LogP contribution is -2.26. The first kappa shape index (κ1) is 11.5. The van der Waals surface area contributed by atoms with E-state index in [2.05, 4.69) is 19.2 Å². The van der Waals surface area contributed by atoms with E-state index in [1.54, 1.807) is 0 Å². The fourth-order valence-electron chi connectivity index (χ4n) is 1.99. The summed E-state index contributed by atoms with van der Waals surface area (Å²) in [5.74, 6) is 0.349. The fourth-order valence-corrected chi connectivity index (χ4v) is 3.08. The lowest BCUT2D eigenvalue weighted by Gasteiger charge is -2.10. The second kappa shape index (κ2) is 4.09. The number of nitrogen functional groups attached to an aromatic ring is 1. The average Bonchev–Trinajstić information content (AvgIpc) is 2.90. The number of hydrogen-bond donors (Lipinski definition) is 2. The molecular weight excluding hydrogens is 220 g/mol. The molecule has 3 N–H and O–H groups in total. The maximum Gasteiger partial charge on any atom is 0.254 e. The normalized spacial score (nSPS) is 15.5. The number of nitrogens with one attached hydrogen (secondary N) is 1. The van der Waals surface area contributed by atoms with Crippen LogP contribution >= 0.6 is 11.3 Å². The third-order valence-corrected chi connectivity index (χ3v) is 3.83. The topological polar surface area (TPSA) is 55.1 Å². The number of carbonyl (C=O) groups excluding carboxylic acids is 1. The summed E-state index contributed by atoms with van der Waals surface area (Å²) in [6.07, 6.45) is 2.21. The Morgan fingerprint density at radius 1 is 1.50 bits per heavy atom.